The van der Waals surface area contributed by atoms with Crippen molar-refractivity contribution in [3.8, 4) is 5.75 Å². The summed E-state index contributed by atoms with van der Waals surface area (Å²) < 4.78 is 6.06. The van der Waals surface area contributed by atoms with E-state index in [0.717, 1.165) is 4.90 Å². The molecule has 3 amide bonds. The number of carbonyl (C=O) groups is 3. The molecule has 0 radical (unpaired) electrons. The van der Waals surface area contributed by atoms with Gasteiger partial charge in [-0.25, -0.2) is 4.90 Å². The molecule has 0 unspecified atom stereocenters. The van der Waals surface area contributed by atoms with Gasteiger partial charge in [-0.1, -0.05) is 24.3 Å². The number of halogens is 1. The second-order valence-electron chi connectivity index (χ2n) is 6.77. The van der Waals surface area contributed by atoms with E-state index in [1.165, 1.54) is 7.11 Å². The van der Waals surface area contributed by atoms with Gasteiger partial charge < -0.3 is 10.1 Å². The van der Waals surface area contributed by atoms with Gasteiger partial charge in [-0.05, 0) is 64.5 Å². The molecule has 160 valence electrons. The van der Waals surface area contributed by atoms with Crippen LogP contribution in [0.4, 0.5) is 11.4 Å². The van der Waals surface area contributed by atoms with Crippen LogP contribution in [0.15, 0.2) is 71.2 Å². The van der Waals surface area contributed by atoms with E-state index >= 15 is 0 Å². The molecule has 32 heavy (non-hydrogen) atoms. The number of methoxy groups -OCH3 is 1. The van der Waals surface area contributed by atoms with Crippen LogP contribution in [0.5, 0.6) is 5.75 Å². The Morgan fingerprint density at radius 3 is 2.22 bits per heavy atom. The number of fused-ring (bicyclic) bond motifs is 1. The smallest absolute Gasteiger partial charge is 0.266 e. The lowest BCUT2D eigenvalue weighted by molar-refractivity contribution is 0.0922. The molecule has 0 fully saturated rings. The fourth-order valence-corrected chi connectivity index (χ4v) is 4.00. The Morgan fingerprint density at radius 1 is 0.969 bits per heavy atom. The van der Waals surface area contributed by atoms with E-state index in [4.69, 9.17) is 17.0 Å². The molecular formula is C23H16BrN3O4S. The molecule has 0 aromatic heterocycles. The monoisotopic (exact) mass is 509 g/mol. The van der Waals surface area contributed by atoms with E-state index in [9.17, 15) is 14.4 Å². The highest BCUT2D eigenvalue weighted by molar-refractivity contribution is 9.10. The van der Waals surface area contributed by atoms with Crippen LogP contribution in [-0.2, 0) is 0 Å². The van der Waals surface area contributed by atoms with Gasteiger partial charge in [-0.2, -0.15) is 0 Å². The number of nitrogens with zero attached hydrogens (tertiary/aromatic N) is 1. The Bertz CT molecular complexity index is 1240. The van der Waals surface area contributed by atoms with Crippen molar-refractivity contribution >= 4 is 62.4 Å². The van der Waals surface area contributed by atoms with E-state index in [-0.39, 0.29) is 11.0 Å². The molecule has 0 atom stereocenters. The first kappa shape index (κ1) is 21.7. The summed E-state index contributed by atoms with van der Waals surface area (Å²) in [5, 5.41) is 5.61. The van der Waals surface area contributed by atoms with Gasteiger partial charge in [0.15, 0.2) is 5.11 Å². The molecule has 1 heterocycles. The van der Waals surface area contributed by atoms with Crippen molar-refractivity contribution in [2.75, 3.05) is 17.3 Å². The fraction of sp³-hybridized carbons (Fsp3) is 0.0435. The molecule has 9 heteroatoms. The molecule has 7 nitrogen and oxygen atoms in total. The molecule has 1 aliphatic rings. The summed E-state index contributed by atoms with van der Waals surface area (Å²) in [5.74, 6) is -0.907. The van der Waals surface area contributed by atoms with Crippen LogP contribution in [-0.4, -0.2) is 29.9 Å². The Hall–Kier alpha value is -3.56. The Kier molecular flexibility index (Phi) is 6.02. The van der Waals surface area contributed by atoms with Crippen LogP contribution >= 0.6 is 28.1 Å². The number of nitrogens with one attached hydrogen (secondary N) is 2. The van der Waals surface area contributed by atoms with Gasteiger partial charge >= 0.3 is 0 Å². The van der Waals surface area contributed by atoms with Crippen LogP contribution in [0.2, 0.25) is 0 Å². The van der Waals surface area contributed by atoms with Gasteiger partial charge in [-0.3, -0.25) is 19.7 Å². The zero-order valence-electron chi connectivity index (χ0n) is 16.7. The number of carbonyl (C=O) groups excluding carboxylic acids is 3. The minimum atomic E-state index is -0.416. The fourth-order valence-electron chi connectivity index (χ4n) is 3.33. The number of hydrogen-bond acceptors (Lipinski definition) is 5. The summed E-state index contributed by atoms with van der Waals surface area (Å²) in [6, 6.07) is 18.4. The number of benzene rings is 3. The SMILES string of the molecule is COc1cc(NC(=S)NC(=O)c2ccccc2Br)ccc1N1C(=O)c2ccccc2C1=O. The largest absolute Gasteiger partial charge is 0.494 e. The van der Waals surface area contributed by atoms with E-state index in [1.54, 1.807) is 66.7 Å². The minimum absolute atomic E-state index is 0.0845. The van der Waals surface area contributed by atoms with E-state index in [2.05, 4.69) is 26.6 Å². The van der Waals surface area contributed by atoms with Crippen LogP contribution in [0, 0.1) is 0 Å². The Balaban J connectivity index is 1.53. The van der Waals surface area contributed by atoms with Gasteiger partial charge in [-0.15, -0.1) is 0 Å². The lowest BCUT2D eigenvalue weighted by atomic mass is 10.1. The summed E-state index contributed by atoms with van der Waals surface area (Å²) in [7, 11) is 1.44. The highest BCUT2D eigenvalue weighted by Crippen LogP contribution is 2.36. The topological polar surface area (TPSA) is 87.7 Å². The van der Waals surface area contributed by atoms with Crippen molar-refractivity contribution in [2.45, 2.75) is 0 Å². The summed E-state index contributed by atoms with van der Waals surface area (Å²) in [5.41, 5.74) is 1.96. The summed E-state index contributed by atoms with van der Waals surface area (Å²) in [6.07, 6.45) is 0. The van der Waals surface area contributed by atoms with Crippen LogP contribution in [0.25, 0.3) is 0 Å². The molecular weight excluding hydrogens is 494 g/mol. The molecule has 4 rings (SSSR count). The summed E-state index contributed by atoms with van der Waals surface area (Å²) >= 11 is 8.57. The maximum atomic E-state index is 12.8. The summed E-state index contributed by atoms with van der Waals surface area (Å²) in [6.45, 7) is 0. The van der Waals surface area contributed by atoms with Gasteiger partial charge in [0.2, 0.25) is 0 Å². The van der Waals surface area contributed by atoms with Crippen molar-refractivity contribution in [3.63, 3.8) is 0 Å². The molecule has 0 saturated heterocycles. The molecule has 0 bridgehead atoms. The lowest BCUT2D eigenvalue weighted by Crippen LogP contribution is -2.34. The Labute approximate surface area is 197 Å². The van der Waals surface area contributed by atoms with E-state index < -0.39 is 11.8 Å². The predicted octanol–water partition coefficient (Wildman–Crippen LogP) is 4.39. The van der Waals surface area contributed by atoms with Gasteiger partial charge in [0.25, 0.3) is 17.7 Å². The molecule has 3 aromatic rings. The van der Waals surface area contributed by atoms with Crippen molar-refractivity contribution in [2.24, 2.45) is 0 Å². The predicted molar refractivity (Wildman–Crippen MR) is 128 cm³/mol. The first-order valence-corrected chi connectivity index (χ1v) is 10.6. The third kappa shape index (κ3) is 4.00. The average Bonchev–Trinajstić information content (AvgIpc) is 3.04. The first-order chi connectivity index (χ1) is 15.4. The van der Waals surface area contributed by atoms with Gasteiger partial charge in [0.1, 0.15) is 5.75 Å². The van der Waals surface area contributed by atoms with Crippen molar-refractivity contribution in [1.82, 2.24) is 5.32 Å². The third-order valence-electron chi connectivity index (χ3n) is 4.82. The number of anilines is 2. The highest BCUT2D eigenvalue weighted by Gasteiger charge is 2.37. The van der Waals surface area contributed by atoms with Gasteiger partial charge in [0.05, 0.1) is 29.5 Å². The Morgan fingerprint density at radius 2 is 1.59 bits per heavy atom. The zero-order valence-corrected chi connectivity index (χ0v) is 19.1. The normalized spacial score (nSPS) is 12.4. The van der Waals surface area contributed by atoms with Crippen LogP contribution in [0.1, 0.15) is 31.1 Å². The molecule has 1 aliphatic heterocycles. The highest BCUT2D eigenvalue weighted by atomic mass is 79.9. The lowest BCUT2D eigenvalue weighted by Gasteiger charge is -2.19. The third-order valence-corrected chi connectivity index (χ3v) is 5.71. The van der Waals surface area contributed by atoms with Crippen molar-refractivity contribution < 1.29 is 19.1 Å². The van der Waals surface area contributed by atoms with Crippen molar-refractivity contribution in [1.29, 1.82) is 0 Å². The van der Waals surface area contributed by atoms with Crippen LogP contribution in [0.3, 0.4) is 0 Å². The number of ether oxygens (including phenoxy) is 1. The van der Waals surface area contributed by atoms with E-state index in [0.29, 0.717) is 38.3 Å². The number of imide groups is 1. The van der Waals surface area contributed by atoms with E-state index in [1.807, 2.05) is 0 Å². The maximum Gasteiger partial charge on any atom is 0.266 e. The zero-order chi connectivity index (χ0) is 22.8. The second-order valence-corrected chi connectivity index (χ2v) is 8.03. The van der Waals surface area contributed by atoms with Crippen molar-refractivity contribution in [3.05, 3.63) is 87.9 Å². The molecule has 0 saturated carbocycles. The first-order valence-electron chi connectivity index (χ1n) is 9.43. The second kappa shape index (κ2) is 8.89. The molecule has 3 aromatic carbocycles. The van der Waals surface area contributed by atoms with Crippen LogP contribution < -0.4 is 20.3 Å². The number of amides is 3. The molecule has 0 spiro atoms. The molecule has 2 N–H and O–H groups in total. The number of hydrogen-bond donors (Lipinski definition) is 2. The van der Waals surface area contributed by atoms with Gasteiger partial charge in [0, 0.05) is 16.2 Å². The molecule has 0 aliphatic carbocycles. The minimum Gasteiger partial charge on any atom is -0.494 e. The standard InChI is InChI=1S/C23H16BrN3O4S/c1-31-19-12-13(25-23(32)26-20(28)16-8-4-5-9-17(16)24)10-11-18(19)27-21(29)14-6-2-3-7-15(14)22(27)30/h2-12H,1H3,(H2,25,26,28,32). The number of rotatable bonds is 4. The summed E-state index contributed by atoms with van der Waals surface area (Å²) in [4.78, 5) is 39.1. The maximum absolute atomic E-state index is 12.8. The number of thiocarbonyl (C=S) groups is 1. The average molecular weight is 510 g/mol. The quantitative estimate of drug-likeness (QED) is 0.400.